The maximum Gasteiger partial charge on any atom is 0.249 e. The number of hydrogen-bond acceptors (Lipinski definition) is 7. The van der Waals surface area contributed by atoms with Gasteiger partial charge in [-0.2, -0.15) is 11.8 Å². The van der Waals surface area contributed by atoms with Crippen LogP contribution >= 0.6 is 11.8 Å². The first kappa shape index (κ1) is 26.1. The molecular weight excluding hydrogens is 469 g/mol. The summed E-state index contributed by atoms with van der Waals surface area (Å²) in [4.78, 5) is 19.2. The Labute approximate surface area is 210 Å². The number of nitrogens with zero attached hydrogens (tertiary/aromatic N) is 2. The van der Waals surface area contributed by atoms with E-state index in [1.807, 2.05) is 5.48 Å². The molecule has 0 bridgehead atoms. The fourth-order valence-corrected chi connectivity index (χ4v) is 6.87. The third-order valence-electron chi connectivity index (χ3n) is 7.76. The number of halogens is 1. The van der Waals surface area contributed by atoms with Gasteiger partial charge < -0.3 is 14.7 Å². The fourth-order valence-electron chi connectivity index (χ4n) is 5.51. The van der Waals surface area contributed by atoms with Crippen molar-refractivity contribution in [3.8, 4) is 5.75 Å². The largest absolute Gasteiger partial charge is 0.497 e. The molecule has 1 unspecified atom stereocenters. The molecule has 1 aliphatic heterocycles. The number of thioether (sulfide) groups is 1. The summed E-state index contributed by atoms with van der Waals surface area (Å²) in [6.07, 6.45) is 7.07. The molecule has 9 heteroatoms. The summed E-state index contributed by atoms with van der Waals surface area (Å²) < 4.78 is 20.0. The van der Waals surface area contributed by atoms with Gasteiger partial charge in [0.15, 0.2) is 0 Å². The molecule has 3 N–H and O–H groups in total. The number of methoxy groups -OCH3 is 1. The highest BCUT2D eigenvalue weighted by molar-refractivity contribution is 7.99. The number of carbonyl (C=O) groups excluding carboxylic acids is 1. The minimum absolute atomic E-state index is 0.162. The van der Waals surface area contributed by atoms with Gasteiger partial charge in [0.25, 0.3) is 0 Å². The van der Waals surface area contributed by atoms with Crippen LogP contribution in [-0.4, -0.2) is 63.9 Å². The predicted octanol–water partition coefficient (Wildman–Crippen LogP) is 4.46. The lowest BCUT2D eigenvalue weighted by molar-refractivity contribution is -0.143. The second kappa shape index (κ2) is 11.9. The van der Waals surface area contributed by atoms with E-state index in [-0.39, 0.29) is 12.0 Å². The van der Waals surface area contributed by atoms with Gasteiger partial charge in [0.2, 0.25) is 5.91 Å². The van der Waals surface area contributed by atoms with E-state index in [0.717, 1.165) is 36.8 Å². The van der Waals surface area contributed by atoms with Crippen LogP contribution in [0.5, 0.6) is 5.75 Å². The number of pyridine rings is 1. The molecule has 2 fully saturated rings. The molecule has 0 radical (unpaired) electrons. The number of carbonyl (C=O) groups is 1. The van der Waals surface area contributed by atoms with Gasteiger partial charge in [-0.05, 0) is 69.8 Å². The van der Waals surface area contributed by atoms with Crippen LogP contribution in [0.2, 0.25) is 0 Å². The Bertz CT molecular complexity index is 1010. The lowest BCUT2D eigenvalue weighted by Gasteiger charge is -2.40. The number of fused-ring (bicyclic) bond motifs is 1. The van der Waals surface area contributed by atoms with E-state index in [2.05, 4.69) is 21.6 Å². The van der Waals surface area contributed by atoms with Crippen molar-refractivity contribution < 1.29 is 24.2 Å². The van der Waals surface area contributed by atoms with Crippen molar-refractivity contribution >= 4 is 28.6 Å². The number of rotatable bonds is 10. The molecule has 0 spiro atoms. The smallest absolute Gasteiger partial charge is 0.249 e. The van der Waals surface area contributed by atoms with Crippen molar-refractivity contribution in [2.45, 2.75) is 62.7 Å². The maximum atomic E-state index is 14.8. The zero-order valence-corrected chi connectivity index (χ0v) is 21.2. The molecule has 1 aromatic heterocycles. The number of aromatic nitrogens is 1. The SMILES string of the molecule is COc1ccc2ncc(F)c(C(O)CCC3(C(=O)NO)CCN(CCSC4CCCC4)CC3)c2c1. The normalized spacial score (nSPS) is 19.7. The highest BCUT2D eigenvalue weighted by Gasteiger charge is 2.41. The average molecular weight is 506 g/mol. The first-order valence-electron chi connectivity index (χ1n) is 12.5. The highest BCUT2D eigenvalue weighted by Crippen LogP contribution is 2.40. The van der Waals surface area contributed by atoms with Crippen LogP contribution in [0.4, 0.5) is 4.39 Å². The average Bonchev–Trinajstić information content (AvgIpc) is 3.40. The van der Waals surface area contributed by atoms with E-state index < -0.39 is 23.2 Å². The summed E-state index contributed by atoms with van der Waals surface area (Å²) in [5, 5.41) is 21.8. The van der Waals surface area contributed by atoms with E-state index in [4.69, 9.17) is 4.74 Å². The Hall–Kier alpha value is -1.94. The Kier molecular flexibility index (Phi) is 8.86. The van der Waals surface area contributed by atoms with Gasteiger partial charge >= 0.3 is 0 Å². The van der Waals surface area contributed by atoms with Crippen LogP contribution in [0, 0.1) is 11.2 Å². The number of piperidine rings is 1. The van der Waals surface area contributed by atoms with Crippen molar-refractivity contribution in [1.82, 2.24) is 15.4 Å². The van der Waals surface area contributed by atoms with E-state index in [1.165, 1.54) is 32.8 Å². The molecule has 1 aromatic carbocycles. The minimum atomic E-state index is -1.11. The lowest BCUT2D eigenvalue weighted by Crippen LogP contribution is -2.48. The second-order valence-electron chi connectivity index (χ2n) is 9.80. The third-order valence-corrected chi connectivity index (χ3v) is 9.12. The fraction of sp³-hybridized carbons (Fsp3) is 0.615. The molecular formula is C26H36FN3O4S. The molecule has 2 heterocycles. The number of aliphatic hydroxyl groups excluding tert-OH is 1. The molecule has 1 atom stereocenters. The molecule has 2 aromatic rings. The second-order valence-corrected chi connectivity index (χ2v) is 11.2. The molecule has 2 aliphatic rings. The quantitative estimate of drug-likeness (QED) is 0.324. The van der Waals surface area contributed by atoms with Crippen molar-refractivity contribution in [1.29, 1.82) is 0 Å². The number of nitrogens with one attached hydrogen (secondary N) is 1. The molecule has 4 rings (SSSR count). The van der Waals surface area contributed by atoms with Gasteiger partial charge in [0.1, 0.15) is 11.6 Å². The van der Waals surface area contributed by atoms with Crippen LogP contribution < -0.4 is 10.2 Å². The standard InChI is InChI=1S/C26H36FN3O4S/c1-34-18-6-7-22-20(16-18)24(21(27)17-28-22)23(31)8-9-26(25(32)29-33)10-12-30(13-11-26)14-15-35-19-4-2-3-5-19/h6-7,16-17,19,23,31,33H,2-5,8-15H2,1H3,(H,29,32). The Morgan fingerprint density at radius 1 is 1.34 bits per heavy atom. The van der Waals surface area contributed by atoms with Crippen LogP contribution in [0.25, 0.3) is 10.9 Å². The zero-order chi connectivity index (χ0) is 24.8. The molecule has 1 saturated carbocycles. The molecule has 1 aliphatic carbocycles. The monoisotopic (exact) mass is 505 g/mol. The summed E-state index contributed by atoms with van der Waals surface area (Å²) in [6, 6.07) is 5.14. The first-order valence-corrected chi connectivity index (χ1v) is 13.6. The van der Waals surface area contributed by atoms with Crippen molar-refractivity contribution in [2.75, 3.05) is 32.5 Å². The third kappa shape index (κ3) is 6.07. The van der Waals surface area contributed by atoms with Gasteiger partial charge in [-0.1, -0.05) is 12.8 Å². The predicted molar refractivity (Wildman–Crippen MR) is 135 cm³/mol. The van der Waals surface area contributed by atoms with Crippen LogP contribution in [0.1, 0.15) is 63.0 Å². The van der Waals surface area contributed by atoms with E-state index in [1.54, 1.807) is 18.2 Å². The summed E-state index contributed by atoms with van der Waals surface area (Å²) in [5.41, 5.74) is 1.78. The molecule has 35 heavy (non-hydrogen) atoms. The Morgan fingerprint density at radius 3 is 2.77 bits per heavy atom. The van der Waals surface area contributed by atoms with Crippen molar-refractivity contribution in [3.05, 3.63) is 35.8 Å². The van der Waals surface area contributed by atoms with Crippen molar-refractivity contribution in [2.24, 2.45) is 5.41 Å². The Morgan fingerprint density at radius 2 is 2.09 bits per heavy atom. The number of hydrogen-bond donors (Lipinski definition) is 3. The minimum Gasteiger partial charge on any atom is -0.497 e. The van der Waals surface area contributed by atoms with Gasteiger partial charge in [-0.25, -0.2) is 9.87 Å². The van der Waals surface area contributed by atoms with Crippen LogP contribution in [0.15, 0.2) is 24.4 Å². The summed E-state index contributed by atoms with van der Waals surface area (Å²) in [5.74, 6) is 0.633. The van der Waals surface area contributed by atoms with E-state index in [0.29, 0.717) is 35.9 Å². The number of aliphatic hydroxyl groups is 1. The number of likely N-dealkylation sites (tertiary alicyclic amines) is 1. The summed E-state index contributed by atoms with van der Waals surface area (Å²) in [7, 11) is 1.53. The summed E-state index contributed by atoms with van der Waals surface area (Å²) >= 11 is 2.06. The zero-order valence-electron chi connectivity index (χ0n) is 20.3. The van der Waals surface area contributed by atoms with Gasteiger partial charge in [0.05, 0.1) is 30.3 Å². The van der Waals surface area contributed by atoms with Gasteiger partial charge in [0, 0.05) is 28.5 Å². The summed E-state index contributed by atoms with van der Waals surface area (Å²) in [6.45, 7) is 2.52. The molecule has 1 amide bonds. The van der Waals surface area contributed by atoms with E-state index >= 15 is 0 Å². The first-order chi connectivity index (χ1) is 17.0. The number of benzene rings is 1. The highest BCUT2D eigenvalue weighted by atomic mass is 32.2. The molecule has 7 nitrogen and oxygen atoms in total. The van der Waals surface area contributed by atoms with Crippen LogP contribution in [0.3, 0.4) is 0 Å². The Balaban J connectivity index is 1.40. The molecule has 192 valence electrons. The number of ether oxygens (including phenoxy) is 1. The van der Waals surface area contributed by atoms with Gasteiger partial charge in [-0.3, -0.25) is 15.0 Å². The molecule has 1 saturated heterocycles. The lowest BCUT2D eigenvalue weighted by atomic mass is 9.73. The van der Waals surface area contributed by atoms with E-state index in [9.17, 15) is 19.5 Å². The number of hydroxylamine groups is 1. The number of amides is 1. The van der Waals surface area contributed by atoms with Gasteiger partial charge in [-0.15, -0.1) is 0 Å². The van der Waals surface area contributed by atoms with Crippen LogP contribution in [-0.2, 0) is 4.79 Å². The van der Waals surface area contributed by atoms with Crippen molar-refractivity contribution in [3.63, 3.8) is 0 Å². The topological polar surface area (TPSA) is 94.9 Å². The maximum absolute atomic E-state index is 14.8.